The normalized spacial score (nSPS) is 20.2. The third-order valence-electron chi connectivity index (χ3n) is 5.24. The van der Waals surface area contributed by atoms with Gasteiger partial charge in [-0.1, -0.05) is 19.4 Å². The molecule has 0 bridgehead atoms. The van der Waals surface area contributed by atoms with Crippen molar-refractivity contribution in [3.05, 3.63) is 52.0 Å². The van der Waals surface area contributed by atoms with Crippen molar-refractivity contribution in [2.45, 2.75) is 38.6 Å². The van der Waals surface area contributed by atoms with Crippen molar-refractivity contribution < 1.29 is 9.53 Å². The number of methoxy groups -OCH3 is 1. The number of carbonyl (C=O) groups is 1. The minimum Gasteiger partial charge on any atom is -0.465 e. The maximum atomic E-state index is 11.9. The number of rotatable bonds is 4. The molecule has 0 aliphatic heterocycles. The summed E-state index contributed by atoms with van der Waals surface area (Å²) >= 11 is 1.76. The van der Waals surface area contributed by atoms with E-state index in [1.54, 1.807) is 11.3 Å². The molecule has 4 nitrogen and oxygen atoms in total. The number of imidazole rings is 1. The van der Waals surface area contributed by atoms with E-state index in [2.05, 4.69) is 29.0 Å². The first-order valence-corrected chi connectivity index (χ1v) is 9.67. The van der Waals surface area contributed by atoms with E-state index < -0.39 is 0 Å². The average molecular weight is 354 g/mol. The fraction of sp³-hybridized carbons (Fsp3) is 0.400. The van der Waals surface area contributed by atoms with Crippen LogP contribution in [0.4, 0.5) is 0 Å². The molecule has 130 valence electrons. The van der Waals surface area contributed by atoms with E-state index in [0.717, 1.165) is 23.3 Å². The van der Waals surface area contributed by atoms with Gasteiger partial charge in [-0.3, -0.25) is 0 Å². The van der Waals surface area contributed by atoms with Crippen molar-refractivity contribution in [2.75, 3.05) is 7.11 Å². The van der Waals surface area contributed by atoms with Gasteiger partial charge in [-0.05, 0) is 48.4 Å². The molecule has 1 aliphatic carbocycles. The first-order chi connectivity index (χ1) is 12.2. The molecule has 2 aromatic heterocycles. The van der Waals surface area contributed by atoms with Crippen molar-refractivity contribution in [1.82, 2.24) is 9.55 Å². The maximum Gasteiger partial charge on any atom is 0.337 e. The minimum absolute atomic E-state index is 0.314. The molecule has 25 heavy (non-hydrogen) atoms. The smallest absolute Gasteiger partial charge is 0.337 e. The lowest BCUT2D eigenvalue weighted by atomic mass is 10.1. The molecule has 0 radical (unpaired) electrons. The standard InChI is InChI=1S/C20H22N2O2S/c1-13-5-3-7-17(13)22-18-9-8-14(20(23)24-2)11-16(18)21-19(22)12-15-6-4-10-25-15/h4,6,8-11,13,17H,3,5,7,12H2,1-2H3. The van der Waals surface area contributed by atoms with Gasteiger partial charge in [0.25, 0.3) is 0 Å². The molecular formula is C20H22N2O2S. The summed E-state index contributed by atoms with van der Waals surface area (Å²) in [5, 5.41) is 2.11. The van der Waals surface area contributed by atoms with Crippen LogP contribution in [0.3, 0.4) is 0 Å². The Labute approximate surface area is 151 Å². The lowest BCUT2D eigenvalue weighted by Gasteiger charge is -2.21. The van der Waals surface area contributed by atoms with Crippen molar-refractivity contribution in [3.8, 4) is 0 Å². The molecule has 2 atom stereocenters. The van der Waals surface area contributed by atoms with Crippen LogP contribution in [0.15, 0.2) is 35.7 Å². The Balaban J connectivity index is 1.84. The molecular weight excluding hydrogens is 332 g/mol. The third-order valence-corrected chi connectivity index (χ3v) is 6.12. The van der Waals surface area contributed by atoms with Crippen LogP contribution >= 0.6 is 11.3 Å². The zero-order valence-corrected chi connectivity index (χ0v) is 15.4. The van der Waals surface area contributed by atoms with E-state index in [9.17, 15) is 4.79 Å². The van der Waals surface area contributed by atoms with Crippen molar-refractivity contribution in [2.24, 2.45) is 5.92 Å². The number of nitrogens with zero attached hydrogens (tertiary/aromatic N) is 2. The topological polar surface area (TPSA) is 44.1 Å². The Kier molecular flexibility index (Phi) is 4.34. The molecule has 3 aromatic rings. The largest absolute Gasteiger partial charge is 0.465 e. The molecule has 1 saturated carbocycles. The van der Waals surface area contributed by atoms with Crippen LogP contribution in [0.1, 0.15) is 53.3 Å². The van der Waals surface area contributed by atoms with Gasteiger partial charge < -0.3 is 9.30 Å². The summed E-state index contributed by atoms with van der Waals surface area (Å²) < 4.78 is 7.28. The summed E-state index contributed by atoms with van der Waals surface area (Å²) in [6.07, 6.45) is 4.57. The maximum absolute atomic E-state index is 11.9. The lowest BCUT2D eigenvalue weighted by molar-refractivity contribution is 0.0601. The van der Waals surface area contributed by atoms with Gasteiger partial charge >= 0.3 is 5.97 Å². The van der Waals surface area contributed by atoms with Gasteiger partial charge in [-0.25, -0.2) is 9.78 Å². The number of aromatic nitrogens is 2. The van der Waals surface area contributed by atoms with Crippen LogP contribution in [-0.4, -0.2) is 22.6 Å². The van der Waals surface area contributed by atoms with Crippen LogP contribution in [0, 0.1) is 5.92 Å². The molecule has 2 unspecified atom stereocenters. The van der Waals surface area contributed by atoms with Crippen LogP contribution < -0.4 is 0 Å². The van der Waals surface area contributed by atoms with E-state index in [0.29, 0.717) is 17.5 Å². The molecule has 0 N–H and O–H groups in total. The molecule has 2 heterocycles. The lowest BCUT2D eigenvalue weighted by Crippen LogP contribution is -2.15. The van der Waals surface area contributed by atoms with Gasteiger partial charge in [0.15, 0.2) is 0 Å². The minimum atomic E-state index is -0.314. The predicted octanol–water partition coefficient (Wildman–Crippen LogP) is 4.84. The first kappa shape index (κ1) is 16.3. The molecule has 1 fully saturated rings. The summed E-state index contributed by atoms with van der Waals surface area (Å²) in [7, 11) is 1.41. The third kappa shape index (κ3) is 2.97. The number of carbonyl (C=O) groups excluding carboxylic acids is 1. The van der Waals surface area contributed by atoms with Gasteiger partial charge in [0, 0.05) is 17.3 Å². The number of hydrogen-bond acceptors (Lipinski definition) is 4. The Morgan fingerprint density at radius 1 is 1.36 bits per heavy atom. The molecule has 1 aliphatic rings. The highest BCUT2D eigenvalue weighted by atomic mass is 32.1. The molecule has 0 spiro atoms. The predicted molar refractivity (Wildman–Crippen MR) is 100 cm³/mol. The van der Waals surface area contributed by atoms with Crippen LogP contribution in [0.2, 0.25) is 0 Å². The number of ether oxygens (including phenoxy) is 1. The van der Waals surface area contributed by atoms with E-state index in [-0.39, 0.29) is 5.97 Å². The number of hydrogen-bond donors (Lipinski definition) is 0. The monoisotopic (exact) mass is 354 g/mol. The highest BCUT2D eigenvalue weighted by Gasteiger charge is 2.28. The Hall–Kier alpha value is -2.14. The van der Waals surface area contributed by atoms with Crippen molar-refractivity contribution in [1.29, 1.82) is 0 Å². The van der Waals surface area contributed by atoms with Crippen molar-refractivity contribution >= 4 is 28.3 Å². The Morgan fingerprint density at radius 3 is 2.92 bits per heavy atom. The average Bonchev–Trinajstić information content (AvgIpc) is 3.34. The van der Waals surface area contributed by atoms with E-state index >= 15 is 0 Å². The summed E-state index contributed by atoms with van der Waals surface area (Å²) in [6, 6.07) is 10.5. The number of benzene rings is 1. The molecule has 0 saturated heterocycles. The summed E-state index contributed by atoms with van der Waals surface area (Å²) in [5.41, 5.74) is 2.56. The van der Waals surface area contributed by atoms with Crippen LogP contribution in [-0.2, 0) is 11.2 Å². The second-order valence-corrected chi connectivity index (χ2v) is 7.86. The second-order valence-electron chi connectivity index (χ2n) is 6.82. The first-order valence-electron chi connectivity index (χ1n) is 8.79. The SMILES string of the molecule is COC(=O)c1ccc2c(c1)nc(Cc1cccs1)n2C1CCCC1C. The fourth-order valence-electron chi connectivity index (χ4n) is 3.97. The zero-order valence-electron chi connectivity index (χ0n) is 14.6. The zero-order chi connectivity index (χ0) is 17.4. The van der Waals surface area contributed by atoms with E-state index in [1.807, 2.05) is 18.2 Å². The van der Waals surface area contributed by atoms with Gasteiger partial charge in [0.1, 0.15) is 5.82 Å². The highest BCUT2D eigenvalue weighted by Crippen LogP contribution is 2.39. The van der Waals surface area contributed by atoms with E-state index in [4.69, 9.17) is 9.72 Å². The molecule has 1 aromatic carbocycles. The summed E-state index contributed by atoms with van der Waals surface area (Å²) in [4.78, 5) is 18.1. The Bertz CT molecular complexity index is 898. The summed E-state index contributed by atoms with van der Waals surface area (Å²) in [6.45, 7) is 2.33. The molecule has 4 rings (SSSR count). The summed E-state index contributed by atoms with van der Waals surface area (Å²) in [5.74, 6) is 1.43. The number of esters is 1. The number of thiophene rings is 1. The second kappa shape index (κ2) is 6.64. The van der Waals surface area contributed by atoms with Gasteiger partial charge in [-0.15, -0.1) is 11.3 Å². The van der Waals surface area contributed by atoms with Crippen LogP contribution in [0.25, 0.3) is 11.0 Å². The van der Waals surface area contributed by atoms with Crippen LogP contribution in [0.5, 0.6) is 0 Å². The van der Waals surface area contributed by atoms with E-state index in [1.165, 1.54) is 31.2 Å². The molecule has 0 amide bonds. The fourth-order valence-corrected chi connectivity index (χ4v) is 4.67. The van der Waals surface area contributed by atoms with Gasteiger partial charge in [0.2, 0.25) is 0 Å². The quantitative estimate of drug-likeness (QED) is 0.630. The van der Waals surface area contributed by atoms with Crippen molar-refractivity contribution in [3.63, 3.8) is 0 Å². The molecule has 5 heteroatoms. The number of fused-ring (bicyclic) bond motifs is 1. The van der Waals surface area contributed by atoms with Gasteiger partial charge in [-0.2, -0.15) is 0 Å². The van der Waals surface area contributed by atoms with Gasteiger partial charge in [0.05, 0.1) is 23.7 Å². The Morgan fingerprint density at radius 2 is 2.24 bits per heavy atom. The highest BCUT2D eigenvalue weighted by molar-refractivity contribution is 7.09.